The van der Waals surface area contributed by atoms with E-state index in [1.54, 1.807) is 28.8 Å². The van der Waals surface area contributed by atoms with Crippen LogP contribution in [0.3, 0.4) is 0 Å². The van der Waals surface area contributed by atoms with E-state index in [0.29, 0.717) is 39.1 Å². The van der Waals surface area contributed by atoms with Gasteiger partial charge in [-0.2, -0.15) is 0 Å². The van der Waals surface area contributed by atoms with Crippen molar-refractivity contribution < 1.29 is 4.39 Å². The summed E-state index contributed by atoms with van der Waals surface area (Å²) in [4.78, 5) is 11.7. The number of hydrogen-bond donors (Lipinski definition) is 2. The van der Waals surface area contributed by atoms with Crippen LogP contribution in [0.5, 0.6) is 0 Å². The maximum absolute atomic E-state index is 14.4. The van der Waals surface area contributed by atoms with Gasteiger partial charge in [0.1, 0.15) is 17.2 Å². The predicted octanol–water partition coefficient (Wildman–Crippen LogP) is 4.71. The van der Waals surface area contributed by atoms with E-state index in [2.05, 4.69) is 15.0 Å². The molecule has 0 fully saturated rings. The Morgan fingerprint density at radius 2 is 1.85 bits per heavy atom. The van der Waals surface area contributed by atoms with E-state index < -0.39 is 0 Å². The summed E-state index contributed by atoms with van der Waals surface area (Å²) in [7, 11) is 0. The molecule has 0 bridgehead atoms. The fourth-order valence-corrected chi connectivity index (χ4v) is 3.52. The highest BCUT2D eigenvalue weighted by atomic mass is 35.5. The number of rotatable bonds is 3. The van der Waals surface area contributed by atoms with Crippen molar-refractivity contribution in [1.82, 2.24) is 19.5 Å². The molecule has 0 aliphatic rings. The Kier molecular flexibility index (Phi) is 4.45. The minimum Gasteiger partial charge on any atom is -0.333 e. The lowest BCUT2D eigenvalue weighted by Crippen LogP contribution is -2.13. The zero-order chi connectivity index (χ0) is 19.1. The Balaban J connectivity index is 1.90. The van der Waals surface area contributed by atoms with Gasteiger partial charge >= 0.3 is 0 Å². The van der Waals surface area contributed by atoms with E-state index in [1.807, 2.05) is 13.0 Å². The summed E-state index contributed by atoms with van der Waals surface area (Å²) in [6.45, 7) is 2.13. The smallest absolute Gasteiger partial charge is 0.173 e. The number of hydrogen-bond acceptors (Lipinski definition) is 3. The molecule has 0 amide bonds. The van der Waals surface area contributed by atoms with Crippen LogP contribution in [0.1, 0.15) is 11.1 Å². The van der Waals surface area contributed by atoms with Crippen LogP contribution in [0.4, 0.5) is 4.39 Å². The van der Waals surface area contributed by atoms with Gasteiger partial charge in [0.2, 0.25) is 0 Å². The maximum Gasteiger partial charge on any atom is 0.173 e. The zero-order valence-electron chi connectivity index (χ0n) is 14.2. The topological polar surface area (TPSA) is 70.3 Å². The summed E-state index contributed by atoms with van der Waals surface area (Å²) in [5.41, 5.74) is 2.75. The largest absolute Gasteiger partial charge is 0.333 e. The van der Waals surface area contributed by atoms with Gasteiger partial charge in [0.15, 0.2) is 11.1 Å². The Bertz CT molecular complexity index is 1190. The van der Waals surface area contributed by atoms with Crippen molar-refractivity contribution in [3.8, 4) is 11.4 Å². The Morgan fingerprint density at radius 1 is 1.15 bits per heavy atom. The van der Waals surface area contributed by atoms with E-state index in [4.69, 9.17) is 28.6 Å². The lowest BCUT2D eigenvalue weighted by atomic mass is 10.1. The molecule has 0 atom stereocenters. The van der Waals surface area contributed by atoms with Gasteiger partial charge in [-0.1, -0.05) is 41.4 Å². The van der Waals surface area contributed by atoms with E-state index in [1.165, 1.54) is 12.4 Å². The third kappa shape index (κ3) is 3.11. The summed E-state index contributed by atoms with van der Waals surface area (Å²) in [6.07, 6.45) is 1.50. The standard InChI is InChI=1S/C19H14Cl2FN5/c1-10-4-2-7-14(22)15(10)18-25-16-17(23)24-9-27(19(16)26-18)8-11-12(20)5-3-6-13(11)21/h2-7,9,23H,8H2,1H3,(H,25,26). The second kappa shape index (κ2) is 6.79. The number of nitrogens with one attached hydrogen (secondary N) is 2. The lowest BCUT2D eigenvalue weighted by molar-refractivity contribution is 0.629. The summed E-state index contributed by atoms with van der Waals surface area (Å²) in [5, 5.41) is 9.12. The highest BCUT2D eigenvalue weighted by Gasteiger charge is 2.16. The first-order chi connectivity index (χ1) is 13.0. The summed E-state index contributed by atoms with van der Waals surface area (Å²) in [6, 6.07) is 10.1. The van der Waals surface area contributed by atoms with Crippen molar-refractivity contribution in [2.24, 2.45) is 0 Å². The van der Waals surface area contributed by atoms with Crippen LogP contribution < -0.4 is 5.49 Å². The Labute approximate surface area is 163 Å². The summed E-state index contributed by atoms with van der Waals surface area (Å²) < 4.78 is 16.1. The molecule has 136 valence electrons. The number of fused-ring (bicyclic) bond motifs is 1. The fourth-order valence-electron chi connectivity index (χ4n) is 3.00. The van der Waals surface area contributed by atoms with Crippen LogP contribution in [0.25, 0.3) is 22.6 Å². The predicted molar refractivity (Wildman–Crippen MR) is 103 cm³/mol. The molecule has 0 spiro atoms. The number of H-pyrrole nitrogens is 1. The van der Waals surface area contributed by atoms with Crippen LogP contribution in [0.15, 0.2) is 42.7 Å². The second-order valence-electron chi connectivity index (χ2n) is 6.14. The fraction of sp³-hybridized carbons (Fsp3) is 0.105. The molecule has 4 aromatic rings. The van der Waals surface area contributed by atoms with Gasteiger partial charge < -0.3 is 9.55 Å². The van der Waals surface area contributed by atoms with Crippen LogP contribution in [-0.4, -0.2) is 19.5 Å². The minimum atomic E-state index is -0.380. The molecule has 0 saturated heterocycles. The number of aromatic amines is 1. The van der Waals surface area contributed by atoms with Crippen LogP contribution >= 0.6 is 23.2 Å². The number of imidazole rings is 1. The van der Waals surface area contributed by atoms with E-state index >= 15 is 0 Å². The van der Waals surface area contributed by atoms with Crippen LogP contribution in [0.2, 0.25) is 10.0 Å². The normalized spacial score (nSPS) is 11.3. The maximum atomic E-state index is 14.4. The Hall–Kier alpha value is -2.70. The number of benzene rings is 2. The molecule has 0 radical (unpaired) electrons. The van der Waals surface area contributed by atoms with Crippen LogP contribution in [-0.2, 0) is 6.54 Å². The van der Waals surface area contributed by atoms with Gasteiger partial charge in [-0.15, -0.1) is 0 Å². The third-order valence-corrected chi connectivity index (χ3v) is 5.08. The monoisotopic (exact) mass is 401 g/mol. The molecule has 2 N–H and O–H groups in total. The third-order valence-electron chi connectivity index (χ3n) is 4.37. The minimum absolute atomic E-state index is 0.0271. The summed E-state index contributed by atoms with van der Waals surface area (Å²) >= 11 is 12.5. The molecule has 4 rings (SSSR count). The average molecular weight is 402 g/mol. The van der Waals surface area contributed by atoms with Crippen molar-refractivity contribution in [3.63, 3.8) is 0 Å². The number of nitrogens with zero attached hydrogens (tertiary/aromatic N) is 3. The van der Waals surface area contributed by atoms with Crippen molar-refractivity contribution >= 4 is 34.4 Å². The molecular weight excluding hydrogens is 388 g/mol. The highest BCUT2D eigenvalue weighted by Crippen LogP contribution is 2.28. The summed E-state index contributed by atoms with van der Waals surface area (Å²) in [5.74, 6) is -0.0321. The van der Waals surface area contributed by atoms with Crippen molar-refractivity contribution in [1.29, 1.82) is 5.41 Å². The van der Waals surface area contributed by atoms with Gasteiger partial charge in [-0.25, -0.2) is 14.4 Å². The van der Waals surface area contributed by atoms with Gasteiger partial charge in [0.25, 0.3) is 0 Å². The first-order valence-corrected chi connectivity index (χ1v) is 8.89. The van der Waals surface area contributed by atoms with Gasteiger partial charge in [0, 0.05) is 15.6 Å². The first kappa shape index (κ1) is 17.7. The molecule has 0 aliphatic heterocycles. The van der Waals surface area contributed by atoms with Crippen LogP contribution in [0, 0.1) is 18.2 Å². The van der Waals surface area contributed by atoms with E-state index in [9.17, 15) is 4.39 Å². The lowest BCUT2D eigenvalue weighted by Gasteiger charge is -2.10. The first-order valence-electron chi connectivity index (χ1n) is 8.14. The van der Waals surface area contributed by atoms with Crippen molar-refractivity contribution in [3.05, 3.63) is 75.2 Å². The van der Waals surface area contributed by atoms with Gasteiger partial charge in [-0.05, 0) is 30.7 Å². The molecule has 0 unspecified atom stereocenters. The van der Waals surface area contributed by atoms with E-state index in [0.717, 1.165) is 11.1 Å². The SMILES string of the molecule is Cc1cccc(F)c1-c1nc2c([nH]1)c(=N)ncn2Cc1c(Cl)cccc1Cl. The molecule has 0 aliphatic carbocycles. The molecule has 2 aromatic heterocycles. The molecule has 27 heavy (non-hydrogen) atoms. The number of aromatic nitrogens is 4. The molecule has 5 nitrogen and oxygen atoms in total. The molecule has 8 heteroatoms. The molecule has 0 saturated carbocycles. The second-order valence-corrected chi connectivity index (χ2v) is 6.95. The number of aryl methyl sites for hydroxylation is 1. The molecule has 2 heterocycles. The molecular formula is C19H14Cl2FN5. The highest BCUT2D eigenvalue weighted by molar-refractivity contribution is 6.36. The van der Waals surface area contributed by atoms with Crippen molar-refractivity contribution in [2.45, 2.75) is 13.5 Å². The van der Waals surface area contributed by atoms with Crippen molar-refractivity contribution in [2.75, 3.05) is 0 Å². The molecule has 2 aromatic carbocycles. The van der Waals surface area contributed by atoms with E-state index in [-0.39, 0.29) is 11.3 Å². The number of halogens is 3. The van der Waals surface area contributed by atoms with Gasteiger partial charge in [-0.3, -0.25) is 5.41 Å². The Morgan fingerprint density at radius 3 is 2.56 bits per heavy atom. The quantitative estimate of drug-likeness (QED) is 0.521. The van der Waals surface area contributed by atoms with Gasteiger partial charge in [0.05, 0.1) is 18.4 Å². The zero-order valence-corrected chi connectivity index (χ0v) is 15.7. The average Bonchev–Trinajstić information content (AvgIpc) is 3.06.